The van der Waals surface area contributed by atoms with Crippen LogP contribution >= 0.6 is 0 Å². The summed E-state index contributed by atoms with van der Waals surface area (Å²) < 4.78 is 19.2. The lowest BCUT2D eigenvalue weighted by Gasteiger charge is -2.31. The number of nitrogens with zero attached hydrogens (tertiary/aromatic N) is 5. The summed E-state index contributed by atoms with van der Waals surface area (Å²) in [5.74, 6) is 0.431. The van der Waals surface area contributed by atoms with Gasteiger partial charge in [-0.2, -0.15) is 15.0 Å². The van der Waals surface area contributed by atoms with Crippen LogP contribution in [-0.4, -0.2) is 65.6 Å². The van der Waals surface area contributed by atoms with Crippen LogP contribution in [0.1, 0.15) is 44.9 Å². The van der Waals surface area contributed by atoms with Gasteiger partial charge >= 0.3 is 0 Å². The van der Waals surface area contributed by atoms with Gasteiger partial charge in [-0.1, -0.05) is 19.3 Å². The van der Waals surface area contributed by atoms with E-state index in [1.807, 2.05) is 19.0 Å². The van der Waals surface area contributed by atoms with E-state index in [0.717, 1.165) is 32.2 Å². The molecule has 0 radical (unpaired) electrons. The van der Waals surface area contributed by atoms with Gasteiger partial charge in [0.1, 0.15) is 0 Å². The van der Waals surface area contributed by atoms with Crippen molar-refractivity contribution in [3.63, 3.8) is 0 Å². The average molecular weight is 458 g/mol. The van der Waals surface area contributed by atoms with Crippen molar-refractivity contribution in [2.75, 3.05) is 43.3 Å². The third-order valence-corrected chi connectivity index (χ3v) is 6.53. The molecular weight excluding hydrogens is 425 g/mol. The Labute approximate surface area is 193 Å². The van der Waals surface area contributed by atoms with Crippen LogP contribution in [0.5, 0.6) is 5.75 Å². The lowest BCUT2D eigenvalue weighted by molar-refractivity contribution is -0.120. The van der Waals surface area contributed by atoms with Crippen LogP contribution in [-0.2, 0) is 4.79 Å². The van der Waals surface area contributed by atoms with Gasteiger partial charge in [0, 0.05) is 24.8 Å². The van der Waals surface area contributed by atoms with Crippen LogP contribution in [0.25, 0.3) is 0 Å². The lowest BCUT2D eigenvalue weighted by Crippen LogP contribution is -2.38. The quantitative estimate of drug-likeness (QED) is 0.652. The molecule has 1 aromatic carbocycles. The first-order valence-electron chi connectivity index (χ1n) is 11.5. The predicted octanol–water partition coefficient (Wildman–Crippen LogP) is 3.56. The third-order valence-electron chi connectivity index (χ3n) is 6.53. The number of ether oxygens (including phenoxy) is 1. The molecule has 2 N–H and O–H groups in total. The highest BCUT2D eigenvalue weighted by Crippen LogP contribution is 2.27. The monoisotopic (exact) mass is 457 g/mol. The molecular formula is C23H32FN7O2. The van der Waals surface area contributed by atoms with Gasteiger partial charge in [-0.3, -0.25) is 15.0 Å². The van der Waals surface area contributed by atoms with E-state index in [-0.39, 0.29) is 29.6 Å². The van der Waals surface area contributed by atoms with E-state index in [9.17, 15) is 9.18 Å². The molecule has 10 heteroatoms. The summed E-state index contributed by atoms with van der Waals surface area (Å²) >= 11 is 0. The lowest BCUT2D eigenvalue weighted by atomic mass is 9.95. The fourth-order valence-electron chi connectivity index (χ4n) is 4.57. The summed E-state index contributed by atoms with van der Waals surface area (Å²) in [5.41, 5.74) is 0.471. The molecule has 1 saturated heterocycles. The normalized spacial score (nSPS) is 19.3. The second-order valence-electron chi connectivity index (χ2n) is 8.79. The number of benzene rings is 1. The highest BCUT2D eigenvalue weighted by atomic mass is 19.1. The molecule has 1 unspecified atom stereocenters. The molecule has 2 fully saturated rings. The zero-order valence-corrected chi connectivity index (χ0v) is 19.5. The van der Waals surface area contributed by atoms with E-state index in [1.54, 1.807) is 6.07 Å². The Morgan fingerprint density at radius 1 is 1.12 bits per heavy atom. The van der Waals surface area contributed by atoms with Gasteiger partial charge in [-0.15, -0.1) is 0 Å². The van der Waals surface area contributed by atoms with Crippen LogP contribution in [0.2, 0.25) is 0 Å². The summed E-state index contributed by atoms with van der Waals surface area (Å²) in [6.45, 7) is 0.890. The molecule has 2 heterocycles. The van der Waals surface area contributed by atoms with Gasteiger partial charge in [0.25, 0.3) is 0 Å². The molecule has 1 aliphatic heterocycles. The maximum Gasteiger partial charge on any atom is 0.244 e. The number of rotatable bonds is 7. The number of aromatic nitrogens is 3. The fourth-order valence-corrected chi connectivity index (χ4v) is 4.57. The van der Waals surface area contributed by atoms with Crippen LogP contribution in [0, 0.1) is 5.82 Å². The maximum atomic E-state index is 14.2. The van der Waals surface area contributed by atoms with Gasteiger partial charge in [-0.05, 0) is 51.4 Å². The Bertz CT molecular complexity index is 983. The SMILES string of the molecule is COc1ccc(Nc2nc(NC(=O)C3CCCN3C)nc(N(C)C3CCCCC3)n2)cc1F. The van der Waals surface area contributed by atoms with Crippen molar-refractivity contribution in [1.29, 1.82) is 0 Å². The van der Waals surface area contributed by atoms with Crippen LogP contribution in [0.15, 0.2) is 18.2 Å². The van der Waals surface area contributed by atoms with Crippen LogP contribution in [0.3, 0.4) is 0 Å². The van der Waals surface area contributed by atoms with E-state index >= 15 is 0 Å². The molecule has 178 valence electrons. The predicted molar refractivity (Wildman–Crippen MR) is 126 cm³/mol. The van der Waals surface area contributed by atoms with Gasteiger partial charge < -0.3 is 15.0 Å². The molecule has 0 spiro atoms. The summed E-state index contributed by atoms with van der Waals surface area (Å²) in [4.78, 5) is 30.5. The fraction of sp³-hybridized carbons (Fsp3) is 0.565. The van der Waals surface area contributed by atoms with Crippen molar-refractivity contribution >= 4 is 29.4 Å². The number of anilines is 4. The first-order chi connectivity index (χ1) is 15.9. The van der Waals surface area contributed by atoms with E-state index in [4.69, 9.17) is 4.74 Å². The second-order valence-corrected chi connectivity index (χ2v) is 8.79. The molecule has 1 amide bonds. The third kappa shape index (κ3) is 5.50. The van der Waals surface area contributed by atoms with Crippen molar-refractivity contribution in [2.24, 2.45) is 0 Å². The number of likely N-dealkylation sites (N-methyl/N-ethyl adjacent to an activating group) is 1. The molecule has 2 aliphatic rings. The van der Waals surface area contributed by atoms with Gasteiger partial charge in [0.05, 0.1) is 13.2 Å². The van der Waals surface area contributed by atoms with Crippen LogP contribution in [0.4, 0.5) is 27.9 Å². The highest BCUT2D eigenvalue weighted by molar-refractivity contribution is 5.93. The molecule has 33 heavy (non-hydrogen) atoms. The molecule has 1 aliphatic carbocycles. The van der Waals surface area contributed by atoms with Crippen molar-refractivity contribution < 1.29 is 13.9 Å². The Hall–Kier alpha value is -3.01. The second kappa shape index (κ2) is 10.3. The number of carbonyl (C=O) groups is 1. The van der Waals surface area contributed by atoms with Gasteiger partial charge in [0.15, 0.2) is 11.6 Å². The number of halogens is 1. The number of methoxy groups -OCH3 is 1. The molecule has 0 bridgehead atoms. The number of hydrogen-bond acceptors (Lipinski definition) is 8. The van der Waals surface area contributed by atoms with E-state index in [0.29, 0.717) is 17.7 Å². The Kier molecular flexibility index (Phi) is 7.22. The number of likely N-dealkylation sites (tertiary alicyclic amines) is 1. The minimum atomic E-state index is -0.492. The van der Waals surface area contributed by atoms with E-state index in [1.165, 1.54) is 38.5 Å². The zero-order valence-electron chi connectivity index (χ0n) is 19.5. The number of hydrogen-bond donors (Lipinski definition) is 2. The molecule has 9 nitrogen and oxygen atoms in total. The number of carbonyl (C=O) groups excluding carboxylic acids is 1. The molecule has 1 atom stereocenters. The highest BCUT2D eigenvalue weighted by Gasteiger charge is 2.29. The largest absolute Gasteiger partial charge is 0.494 e. The van der Waals surface area contributed by atoms with E-state index in [2.05, 4.69) is 30.5 Å². The number of nitrogens with one attached hydrogen (secondary N) is 2. The molecule has 1 aromatic heterocycles. The van der Waals surface area contributed by atoms with Crippen molar-refractivity contribution in [2.45, 2.75) is 57.0 Å². The van der Waals surface area contributed by atoms with Crippen molar-refractivity contribution in [3.8, 4) is 5.75 Å². The Balaban J connectivity index is 1.60. The Morgan fingerprint density at radius 2 is 1.88 bits per heavy atom. The summed E-state index contributed by atoms with van der Waals surface area (Å²) in [5, 5.41) is 5.90. The first kappa shape index (κ1) is 23.2. The van der Waals surface area contributed by atoms with Gasteiger partial charge in [0.2, 0.25) is 23.8 Å². The first-order valence-corrected chi connectivity index (χ1v) is 11.5. The molecule has 4 rings (SSSR count). The topological polar surface area (TPSA) is 95.5 Å². The Morgan fingerprint density at radius 3 is 2.55 bits per heavy atom. The standard InChI is InChI=1S/C23H32FN7O2/c1-30-13-7-10-18(30)20(32)26-22-27-21(25-15-11-12-19(33-3)17(24)14-15)28-23(29-22)31(2)16-8-5-4-6-9-16/h11-12,14,16,18H,4-10,13H2,1-3H3,(H2,25,26,27,28,29,32). The van der Waals surface area contributed by atoms with Crippen LogP contribution < -0.4 is 20.3 Å². The maximum absolute atomic E-state index is 14.2. The number of amides is 1. The average Bonchev–Trinajstić information content (AvgIpc) is 3.25. The van der Waals surface area contributed by atoms with Gasteiger partial charge in [-0.25, -0.2) is 4.39 Å². The summed E-state index contributed by atoms with van der Waals surface area (Å²) in [7, 11) is 5.33. The molecule has 1 saturated carbocycles. The minimum absolute atomic E-state index is 0.131. The van der Waals surface area contributed by atoms with E-state index < -0.39 is 5.82 Å². The molecule has 2 aromatic rings. The smallest absolute Gasteiger partial charge is 0.244 e. The van der Waals surface area contributed by atoms with Crippen molar-refractivity contribution in [1.82, 2.24) is 19.9 Å². The minimum Gasteiger partial charge on any atom is -0.494 e. The zero-order chi connectivity index (χ0) is 23.4. The summed E-state index contributed by atoms with van der Waals surface area (Å²) in [6, 6.07) is 4.67. The summed E-state index contributed by atoms with van der Waals surface area (Å²) in [6.07, 6.45) is 7.53. The van der Waals surface area contributed by atoms with Crippen molar-refractivity contribution in [3.05, 3.63) is 24.0 Å².